The van der Waals surface area contributed by atoms with E-state index in [0.29, 0.717) is 33.5 Å². The molecule has 2 aromatic carbocycles. The smallest absolute Gasteiger partial charge is 0.260 e. The Balaban J connectivity index is 1.43. The predicted molar refractivity (Wildman–Crippen MR) is 136 cm³/mol. The highest BCUT2D eigenvalue weighted by Crippen LogP contribution is 2.34. The zero-order valence-electron chi connectivity index (χ0n) is 19.1. The van der Waals surface area contributed by atoms with Crippen molar-refractivity contribution >= 4 is 61.7 Å². The second-order valence-corrected chi connectivity index (χ2v) is 9.94. The van der Waals surface area contributed by atoms with Crippen LogP contribution in [0, 0.1) is 0 Å². The highest BCUT2D eigenvalue weighted by atomic mass is 35.5. The number of thiazole rings is 1. The van der Waals surface area contributed by atoms with E-state index in [-0.39, 0.29) is 30.6 Å². The predicted octanol–water partition coefficient (Wildman–Crippen LogP) is 3.97. The molecule has 2 fully saturated rings. The second kappa shape index (κ2) is 10.4. The van der Waals surface area contributed by atoms with Gasteiger partial charge in [0.15, 0.2) is 5.13 Å². The molecule has 10 heteroatoms. The van der Waals surface area contributed by atoms with Gasteiger partial charge in [-0.1, -0.05) is 35.1 Å². The molecule has 3 heterocycles. The summed E-state index contributed by atoms with van der Waals surface area (Å²) >= 11 is 7.77. The van der Waals surface area contributed by atoms with Crippen LogP contribution >= 0.6 is 22.9 Å². The summed E-state index contributed by atoms with van der Waals surface area (Å²) in [6.45, 7) is 4.52. The van der Waals surface area contributed by atoms with Crippen molar-refractivity contribution in [2.75, 3.05) is 49.2 Å². The molecule has 0 unspecified atom stereocenters. The minimum absolute atomic E-state index is 0.192. The summed E-state index contributed by atoms with van der Waals surface area (Å²) in [5.74, 6) is -0.728. The van der Waals surface area contributed by atoms with Crippen LogP contribution in [0.1, 0.15) is 29.6 Å². The van der Waals surface area contributed by atoms with Gasteiger partial charge in [0.2, 0.25) is 11.8 Å². The highest BCUT2D eigenvalue weighted by Gasteiger charge is 2.31. The molecule has 1 aromatic heterocycles. The summed E-state index contributed by atoms with van der Waals surface area (Å²) in [6.07, 6.45) is 1.15. The summed E-state index contributed by atoms with van der Waals surface area (Å²) in [5, 5.41) is 1.11. The molecule has 8 nitrogen and oxygen atoms in total. The molecule has 0 saturated carbocycles. The van der Waals surface area contributed by atoms with Gasteiger partial charge in [0, 0.05) is 44.6 Å². The zero-order valence-corrected chi connectivity index (χ0v) is 20.7. The fourth-order valence-electron chi connectivity index (χ4n) is 4.38. The molecule has 3 aromatic rings. The van der Waals surface area contributed by atoms with Gasteiger partial charge in [0.25, 0.3) is 5.91 Å². The van der Waals surface area contributed by atoms with Crippen LogP contribution in [0.25, 0.3) is 10.2 Å². The first kappa shape index (κ1) is 23.9. The molecule has 35 heavy (non-hydrogen) atoms. The third-order valence-electron chi connectivity index (χ3n) is 6.20. The fraction of sp³-hybridized carbons (Fsp3) is 0.360. The van der Waals surface area contributed by atoms with Crippen LogP contribution in [0.5, 0.6) is 0 Å². The number of anilines is 2. The monoisotopic (exact) mass is 512 g/mol. The third-order valence-corrected chi connectivity index (χ3v) is 7.55. The van der Waals surface area contributed by atoms with Crippen LogP contribution in [0.2, 0.25) is 5.02 Å². The molecule has 182 valence electrons. The van der Waals surface area contributed by atoms with Crippen molar-refractivity contribution in [1.82, 2.24) is 9.88 Å². The zero-order chi connectivity index (χ0) is 24.4. The van der Waals surface area contributed by atoms with Crippen molar-refractivity contribution in [3.8, 4) is 0 Å². The van der Waals surface area contributed by atoms with Gasteiger partial charge in [-0.3, -0.25) is 29.1 Å². The van der Waals surface area contributed by atoms with Crippen LogP contribution < -0.4 is 9.80 Å². The maximum absolute atomic E-state index is 13.8. The van der Waals surface area contributed by atoms with Crippen molar-refractivity contribution < 1.29 is 19.1 Å². The average Bonchev–Trinajstić information content (AvgIpc) is 3.46. The molecule has 2 aliphatic heterocycles. The summed E-state index contributed by atoms with van der Waals surface area (Å²) in [4.78, 5) is 48.0. The van der Waals surface area contributed by atoms with Gasteiger partial charge in [0.1, 0.15) is 5.52 Å². The Kier molecular flexibility index (Phi) is 7.10. The molecule has 2 saturated heterocycles. The van der Waals surface area contributed by atoms with E-state index in [1.165, 1.54) is 11.3 Å². The van der Waals surface area contributed by atoms with Gasteiger partial charge < -0.3 is 4.74 Å². The topological polar surface area (TPSA) is 83.1 Å². The Morgan fingerprint density at radius 1 is 1.09 bits per heavy atom. The van der Waals surface area contributed by atoms with Crippen LogP contribution in [0.3, 0.4) is 0 Å². The molecule has 0 bridgehead atoms. The number of imide groups is 1. The summed E-state index contributed by atoms with van der Waals surface area (Å²) in [5.41, 5.74) is 1.48. The number of halogens is 1. The molecular formula is C25H25ClN4O4S. The van der Waals surface area contributed by atoms with Crippen molar-refractivity contribution in [3.63, 3.8) is 0 Å². The lowest BCUT2D eigenvalue weighted by Gasteiger charge is -2.28. The standard InChI is InChI=1S/C25H25ClN4O4S/c26-19-6-2-7-20-23(19)27-25(35-20)29(11-3-10-28-12-14-34-15-13-28)24(33)17-4-1-5-18(16-17)30-21(31)8-9-22(30)32/h1-2,4-7,16H,3,8-15H2. The normalized spacial score (nSPS) is 16.9. The number of nitrogens with zero attached hydrogens (tertiary/aromatic N) is 4. The molecule has 3 amide bonds. The van der Waals surface area contributed by atoms with Gasteiger partial charge in [-0.15, -0.1) is 0 Å². The number of rotatable bonds is 7. The number of fused-ring (bicyclic) bond motifs is 1. The maximum Gasteiger partial charge on any atom is 0.260 e. The first-order valence-corrected chi connectivity index (χ1v) is 12.8. The quantitative estimate of drug-likeness (QED) is 0.445. The van der Waals surface area contributed by atoms with Gasteiger partial charge in [-0.05, 0) is 36.8 Å². The largest absolute Gasteiger partial charge is 0.379 e. The summed E-state index contributed by atoms with van der Waals surface area (Å²) < 4.78 is 6.33. The Bertz CT molecular complexity index is 1260. The molecule has 0 atom stereocenters. The number of morpholine rings is 1. The molecule has 2 aliphatic rings. The van der Waals surface area contributed by atoms with E-state index in [9.17, 15) is 14.4 Å². The van der Waals surface area contributed by atoms with Crippen LogP contribution in [0.15, 0.2) is 42.5 Å². The number of hydrogen-bond acceptors (Lipinski definition) is 7. The Hall–Kier alpha value is -2.85. The summed E-state index contributed by atoms with van der Waals surface area (Å²) in [6, 6.07) is 12.3. The maximum atomic E-state index is 13.8. The molecule has 0 radical (unpaired) electrons. The van der Waals surface area contributed by atoms with Crippen molar-refractivity contribution in [2.24, 2.45) is 0 Å². The van der Waals surface area contributed by atoms with E-state index in [1.54, 1.807) is 35.2 Å². The van der Waals surface area contributed by atoms with Gasteiger partial charge in [0.05, 0.1) is 28.6 Å². The average molecular weight is 513 g/mol. The number of ether oxygens (including phenoxy) is 1. The van der Waals surface area contributed by atoms with E-state index in [2.05, 4.69) is 9.88 Å². The Morgan fingerprint density at radius 2 is 1.83 bits per heavy atom. The minimum Gasteiger partial charge on any atom is -0.379 e. The molecule has 0 aliphatic carbocycles. The van der Waals surface area contributed by atoms with E-state index >= 15 is 0 Å². The SMILES string of the molecule is O=C(c1cccc(N2C(=O)CCC2=O)c1)N(CCCN1CCOCC1)c1nc2c(Cl)cccc2s1. The van der Waals surface area contributed by atoms with Crippen molar-refractivity contribution in [2.45, 2.75) is 19.3 Å². The number of hydrogen-bond donors (Lipinski definition) is 0. The van der Waals surface area contributed by atoms with Crippen LogP contribution in [0.4, 0.5) is 10.8 Å². The Morgan fingerprint density at radius 3 is 2.57 bits per heavy atom. The van der Waals surface area contributed by atoms with Gasteiger partial charge in [-0.2, -0.15) is 0 Å². The molecule has 0 N–H and O–H groups in total. The van der Waals surface area contributed by atoms with Gasteiger partial charge >= 0.3 is 0 Å². The number of amides is 3. The number of carbonyl (C=O) groups is 3. The first-order valence-electron chi connectivity index (χ1n) is 11.6. The lowest BCUT2D eigenvalue weighted by atomic mass is 10.1. The fourth-order valence-corrected chi connectivity index (χ4v) is 5.67. The highest BCUT2D eigenvalue weighted by molar-refractivity contribution is 7.22. The first-order chi connectivity index (χ1) is 17.0. The summed E-state index contributed by atoms with van der Waals surface area (Å²) in [7, 11) is 0. The second-order valence-electron chi connectivity index (χ2n) is 8.52. The molecule has 0 spiro atoms. The lowest BCUT2D eigenvalue weighted by molar-refractivity contribution is -0.121. The molecular weight excluding hydrogens is 488 g/mol. The van der Waals surface area contributed by atoms with Crippen molar-refractivity contribution in [1.29, 1.82) is 0 Å². The van der Waals surface area contributed by atoms with E-state index < -0.39 is 0 Å². The lowest BCUT2D eigenvalue weighted by Crippen LogP contribution is -2.39. The van der Waals surface area contributed by atoms with Crippen molar-refractivity contribution in [3.05, 3.63) is 53.1 Å². The number of carbonyl (C=O) groups excluding carboxylic acids is 3. The van der Waals surface area contributed by atoms with Crippen LogP contribution in [-0.2, 0) is 14.3 Å². The number of para-hydroxylation sites is 1. The van der Waals surface area contributed by atoms with E-state index in [1.807, 2.05) is 12.1 Å². The van der Waals surface area contributed by atoms with Gasteiger partial charge in [-0.25, -0.2) is 4.98 Å². The number of benzene rings is 2. The van der Waals surface area contributed by atoms with E-state index in [0.717, 1.165) is 48.9 Å². The third kappa shape index (κ3) is 5.08. The Labute approximate surface area is 212 Å². The minimum atomic E-state index is -0.247. The molecule has 5 rings (SSSR count). The van der Waals surface area contributed by atoms with E-state index in [4.69, 9.17) is 16.3 Å². The number of aromatic nitrogens is 1. The van der Waals surface area contributed by atoms with Crippen LogP contribution in [-0.4, -0.2) is 67.0 Å².